The zero-order chi connectivity index (χ0) is 25.4. The third kappa shape index (κ3) is 4.43. The molecule has 5 rings (SSSR count). The summed E-state index contributed by atoms with van der Waals surface area (Å²) in [5.74, 6) is 3.02. The third-order valence-electron chi connectivity index (χ3n) is 6.53. The number of rotatable bonds is 7. The number of carbonyl (C=O) groups excluding carboxylic acids is 1. The van der Waals surface area contributed by atoms with Crippen LogP contribution in [0.1, 0.15) is 43.9 Å². The van der Waals surface area contributed by atoms with Crippen molar-refractivity contribution in [3.05, 3.63) is 64.9 Å². The van der Waals surface area contributed by atoms with E-state index in [1.54, 1.807) is 33.1 Å². The maximum atomic E-state index is 13.5. The largest absolute Gasteiger partial charge is 0.493 e. The van der Waals surface area contributed by atoms with Crippen LogP contribution in [0.4, 0.5) is 5.95 Å². The number of methoxy groups -OCH3 is 3. The molecule has 0 radical (unpaired) electrons. The summed E-state index contributed by atoms with van der Waals surface area (Å²) in [4.78, 5) is 18.3. The minimum Gasteiger partial charge on any atom is -0.493 e. The van der Waals surface area contributed by atoms with Gasteiger partial charge >= 0.3 is 0 Å². The number of ketones is 1. The minimum absolute atomic E-state index is 0.104. The molecule has 2 heterocycles. The summed E-state index contributed by atoms with van der Waals surface area (Å²) in [5, 5.41) is 8.92. The first-order chi connectivity index (χ1) is 17.3. The Hall–Kier alpha value is -3.46. The second-order valence-corrected chi connectivity index (χ2v) is 10.7. The van der Waals surface area contributed by atoms with Crippen molar-refractivity contribution in [2.45, 2.75) is 43.6 Å². The standard InChI is InChI=1S/C27H30N4O4S/c1-27(2)13-18-22(19(32)14-27)23(17-11-20(33-3)24(35-5)21(12-17)34-4)31-25(28-18)29-26(30-31)36-15-16-9-7-6-8-10-16/h6-12,23H,13-15H2,1-5H3,(H,28,29,30). The lowest BCUT2D eigenvalue weighted by Crippen LogP contribution is -2.36. The van der Waals surface area contributed by atoms with E-state index in [4.69, 9.17) is 24.3 Å². The Balaban J connectivity index is 1.61. The first kappa shape index (κ1) is 24.2. The molecule has 1 aliphatic heterocycles. The first-order valence-corrected chi connectivity index (χ1v) is 12.8. The molecule has 0 spiro atoms. The van der Waals surface area contributed by atoms with E-state index in [1.807, 2.05) is 35.0 Å². The van der Waals surface area contributed by atoms with Gasteiger partial charge in [-0.15, -0.1) is 5.10 Å². The topological polar surface area (TPSA) is 87.5 Å². The molecule has 0 amide bonds. The molecule has 2 aromatic carbocycles. The number of anilines is 1. The summed E-state index contributed by atoms with van der Waals surface area (Å²) < 4.78 is 18.6. The number of allylic oxidation sites excluding steroid dienone is 2. The van der Waals surface area contributed by atoms with Crippen LogP contribution in [0.3, 0.4) is 0 Å². The normalized spacial score (nSPS) is 18.2. The zero-order valence-corrected chi connectivity index (χ0v) is 21.9. The summed E-state index contributed by atoms with van der Waals surface area (Å²) in [6.45, 7) is 4.23. The number of thioether (sulfide) groups is 1. The zero-order valence-electron chi connectivity index (χ0n) is 21.1. The van der Waals surface area contributed by atoms with E-state index >= 15 is 0 Å². The number of hydrogen-bond acceptors (Lipinski definition) is 8. The summed E-state index contributed by atoms with van der Waals surface area (Å²) in [6.07, 6.45) is 1.21. The molecule has 0 saturated heterocycles. The molecule has 36 heavy (non-hydrogen) atoms. The molecule has 9 heteroatoms. The number of hydrogen-bond donors (Lipinski definition) is 1. The molecule has 1 aromatic heterocycles. The van der Waals surface area contributed by atoms with E-state index in [0.717, 1.165) is 23.4 Å². The average Bonchev–Trinajstić information content (AvgIpc) is 3.27. The fraction of sp³-hybridized carbons (Fsp3) is 0.370. The van der Waals surface area contributed by atoms with Gasteiger partial charge in [-0.3, -0.25) is 4.79 Å². The molecule has 0 bridgehead atoms. The van der Waals surface area contributed by atoms with Crippen molar-refractivity contribution in [1.82, 2.24) is 14.8 Å². The number of aromatic nitrogens is 3. The van der Waals surface area contributed by atoms with Gasteiger partial charge in [0.2, 0.25) is 16.9 Å². The highest BCUT2D eigenvalue weighted by molar-refractivity contribution is 7.98. The fourth-order valence-electron chi connectivity index (χ4n) is 4.94. The first-order valence-electron chi connectivity index (χ1n) is 11.8. The van der Waals surface area contributed by atoms with Gasteiger partial charge in [0.15, 0.2) is 17.3 Å². The number of nitrogens with zero attached hydrogens (tertiary/aromatic N) is 3. The molecule has 8 nitrogen and oxygen atoms in total. The molecule has 1 atom stereocenters. The van der Waals surface area contributed by atoms with Crippen LogP contribution < -0.4 is 19.5 Å². The summed E-state index contributed by atoms with van der Waals surface area (Å²) in [5.41, 5.74) is 3.47. The van der Waals surface area contributed by atoms with Gasteiger partial charge in [-0.25, -0.2) is 4.68 Å². The molecular formula is C27H30N4O4S. The van der Waals surface area contributed by atoms with Crippen LogP contribution in [0.2, 0.25) is 0 Å². The van der Waals surface area contributed by atoms with Gasteiger partial charge in [0.1, 0.15) is 6.04 Å². The Kier molecular flexibility index (Phi) is 6.42. The van der Waals surface area contributed by atoms with E-state index in [2.05, 4.69) is 31.3 Å². The van der Waals surface area contributed by atoms with Gasteiger partial charge in [0.25, 0.3) is 0 Å². The Morgan fingerprint density at radius 2 is 1.75 bits per heavy atom. The number of ether oxygens (including phenoxy) is 3. The van der Waals surface area contributed by atoms with Crippen LogP contribution in [0.25, 0.3) is 0 Å². The molecule has 0 fully saturated rings. The van der Waals surface area contributed by atoms with Crippen LogP contribution in [-0.4, -0.2) is 41.9 Å². The number of Topliss-reactive ketones (excluding diaryl/α,β-unsaturated/α-hetero) is 1. The van der Waals surface area contributed by atoms with Gasteiger partial charge in [-0.05, 0) is 35.1 Å². The lowest BCUT2D eigenvalue weighted by molar-refractivity contribution is -0.118. The third-order valence-corrected chi connectivity index (χ3v) is 7.43. The van der Waals surface area contributed by atoms with E-state index in [1.165, 1.54) is 5.56 Å². The molecule has 188 valence electrons. The van der Waals surface area contributed by atoms with E-state index in [0.29, 0.717) is 40.3 Å². The smallest absolute Gasteiger partial charge is 0.227 e. The Labute approximate surface area is 215 Å². The number of nitrogens with one attached hydrogen (secondary N) is 1. The van der Waals surface area contributed by atoms with Crippen LogP contribution in [-0.2, 0) is 10.5 Å². The molecular weight excluding hydrogens is 476 g/mol. The maximum absolute atomic E-state index is 13.5. The van der Waals surface area contributed by atoms with Crippen molar-refractivity contribution < 1.29 is 19.0 Å². The monoisotopic (exact) mass is 506 g/mol. The number of carbonyl (C=O) groups is 1. The van der Waals surface area contributed by atoms with E-state index < -0.39 is 6.04 Å². The molecule has 3 aromatic rings. The molecule has 1 N–H and O–H groups in total. The minimum atomic E-state index is -0.466. The van der Waals surface area contributed by atoms with Crippen LogP contribution in [0, 0.1) is 5.41 Å². The van der Waals surface area contributed by atoms with Crippen molar-refractivity contribution in [3.8, 4) is 17.2 Å². The highest BCUT2D eigenvalue weighted by atomic mass is 32.2. The van der Waals surface area contributed by atoms with Crippen LogP contribution in [0.15, 0.2) is 58.9 Å². The lowest BCUT2D eigenvalue weighted by atomic mass is 9.73. The second kappa shape index (κ2) is 9.54. The van der Waals surface area contributed by atoms with Crippen molar-refractivity contribution in [2.24, 2.45) is 5.41 Å². The second-order valence-electron chi connectivity index (χ2n) is 9.76. The Bertz CT molecular complexity index is 1310. The van der Waals surface area contributed by atoms with Crippen molar-refractivity contribution in [2.75, 3.05) is 26.6 Å². The highest BCUT2D eigenvalue weighted by Crippen LogP contribution is 2.48. The van der Waals surface area contributed by atoms with Gasteiger partial charge < -0.3 is 19.5 Å². The molecule has 2 aliphatic rings. The van der Waals surface area contributed by atoms with E-state index in [9.17, 15) is 4.79 Å². The van der Waals surface area contributed by atoms with Gasteiger partial charge in [-0.2, -0.15) is 4.98 Å². The Morgan fingerprint density at radius 1 is 1.06 bits per heavy atom. The lowest BCUT2D eigenvalue weighted by Gasteiger charge is -2.38. The average molecular weight is 507 g/mol. The van der Waals surface area contributed by atoms with E-state index in [-0.39, 0.29) is 11.2 Å². The van der Waals surface area contributed by atoms with Crippen LogP contribution in [0.5, 0.6) is 17.2 Å². The van der Waals surface area contributed by atoms with Crippen molar-refractivity contribution in [3.63, 3.8) is 0 Å². The quantitative estimate of drug-likeness (QED) is 0.435. The predicted octanol–water partition coefficient (Wildman–Crippen LogP) is 5.25. The van der Waals surface area contributed by atoms with Gasteiger partial charge in [0.05, 0.1) is 21.3 Å². The summed E-state index contributed by atoms with van der Waals surface area (Å²) in [6, 6.07) is 13.5. The van der Waals surface area contributed by atoms with Crippen molar-refractivity contribution >= 4 is 23.5 Å². The van der Waals surface area contributed by atoms with Crippen molar-refractivity contribution in [1.29, 1.82) is 0 Å². The fourth-order valence-corrected chi connectivity index (χ4v) is 5.72. The number of benzene rings is 2. The SMILES string of the molecule is COc1cc(C2C3=C(CC(C)(C)CC3=O)Nc3nc(SCc4ccccc4)nn32)cc(OC)c1OC. The highest BCUT2D eigenvalue weighted by Gasteiger charge is 2.42. The molecule has 0 saturated carbocycles. The van der Waals surface area contributed by atoms with Gasteiger partial charge in [-0.1, -0.05) is 55.9 Å². The summed E-state index contributed by atoms with van der Waals surface area (Å²) >= 11 is 1.56. The van der Waals surface area contributed by atoms with Crippen LogP contribution >= 0.6 is 11.8 Å². The Morgan fingerprint density at radius 3 is 2.39 bits per heavy atom. The summed E-state index contributed by atoms with van der Waals surface area (Å²) in [7, 11) is 4.74. The number of fused-ring (bicyclic) bond motifs is 1. The maximum Gasteiger partial charge on any atom is 0.227 e. The van der Waals surface area contributed by atoms with Gasteiger partial charge in [0, 0.05) is 23.4 Å². The predicted molar refractivity (Wildman–Crippen MR) is 139 cm³/mol. The molecule has 1 unspecified atom stereocenters. The molecule has 1 aliphatic carbocycles.